The van der Waals surface area contributed by atoms with Gasteiger partial charge in [0.2, 0.25) is 0 Å². The number of nitrogens with zero attached hydrogens (tertiary/aromatic N) is 1. The number of nitriles is 1. The highest BCUT2D eigenvalue weighted by atomic mass is 14.6. The van der Waals surface area contributed by atoms with Crippen molar-refractivity contribution in [2.24, 2.45) is 11.1 Å². The van der Waals surface area contributed by atoms with Crippen molar-refractivity contribution in [3.8, 4) is 6.07 Å². The summed E-state index contributed by atoms with van der Waals surface area (Å²) in [6, 6.07) is 2.15. The zero-order valence-corrected chi connectivity index (χ0v) is 7.52. The van der Waals surface area contributed by atoms with E-state index in [1.807, 2.05) is 26.8 Å². The predicted octanol–water partition coefficient (Wildman–Crippen LogP) is 1.83. The predicted molar refractivity (Wildman–Crippen MR) is 46.8 cm³/mol. The normalized spacial score (nSPS) is 12.8. The van der Waals surface area contributed by atoms with Crippen LogP contribution >= 0.6 is 0 Å². The number of hydrogen-bond donors (Lipinski definition) is 1. The summed E-state index contributed by atoms with van der Waals surface area (Å²) in [6.07, 6.45) is 2.74. The molecular weight excluding hydrogens is 136 g/mol. The molecule has 0 rings (SSSR count). The third-order valence-electron chi connectivity index (χ3n) is 1.62. The molecule has 2 heteroatoms. The molecule has 11 heavy (non-hydrogen) atoms. The highest BCUT2D eigenvalue weighted by molar-refractivity contribution is 5.22. The Morgan fingerprint density at radius 2 is 2.18 bits per heavy atom. The van der Waals surface area contributed by atoms with E-state index in [1.54, 1.807) is 0 Å². The second-order valence-electron chi connectivity index (χ2n) is 3.33. The molecule has 0 aromatic heterocycles. The molecule has 0 aromatic carbocycles. The summed E-state index contributed by atoms with van der Waals surface area (Å²) in [5.74, 6) is 0. The standard InChI is InChI=1S/C9H16N2/c1-4-8(6-10)5-9(2,3)7-11/h5H,4,7,11H2,1-3H3/b8-5+. The van der Waals surface area contributed by atoms with Crippen LogP contribution in [0, 0.1) is 16.7 Å². The number of rotatable bonds is 3. The van der Waals surface area contributed by atoms with Crippen LogP contribution in [-0.2, 0) is 0 Å². The van der Waals surface area contributed by atoms with E-state index in [4.69, 9.17) is 11.0 Å². The molecule has 0 saturated carbocycles. The first-order chi connectivity index (χ1) is 5.05. The van der Waals surface area contributed by atoms with Crippen LogP contribution in [0.3, 0.4) is 0 Å². The lowest BCUT2D eigenvalue weighted by atomic mass is 9.91. The van der Waals surface area contributed by atoms with Gasteiger partial charge in [0.05, 0.1) is 6.07 Å². The minimum absolute atomic E-state index is 0.0406. The molecule has 0 aliphatic carbocycles. The summed E-state index contributed by atoms with van der Waals surface area (Å²) in [4.78, 5) is 0. The van der Waals surface area contributed by atoms with Crippen LogP contribution < -0.4 is 5.73 Å². The lowest BCUT2D eigenvalue weighted by molar-refractivity contribution is 0.492. The van der Waals surface area contributed by atoms with Crippen LogP contribution in [0.25, 0.3) is 0 Å². The van der Waals surface area contributed by atoms with Crippen LogP contribution in [0.5, 0.6) is 0 Å². The second-order valence-corrected chi connectivity index (χ2v) is 3.33. The zero-order chi connectivity index (χ0) is 8.91. The minimum atomic E-state index is -0.0406. The van der Waals surface area contributed by atoms with Crippen LogP contribution in [0.1, 0.15) is 27.2 Å². The molecule has 0 saturated heterocycles. The van der Waals surface area contributed by atoms with Crippen molar-refractivity contribution in [3.63, 3.8) is 0 Å². The fourth-order valence-electron chi connectivity index (χ4n) is 0.744. The van der Waals surface area contributed by atoms with Gasteiger partial charge in [0.1, 0.15) is 0 Å². The van der Waals surface area contributed by atoms with Gasteiger partial charge in [-0.1, -0.05) is 26.8 Å². The summed E-state index contributed by atoms with van der Waals surface area (Å²) in [6.45, 7) is 6.61. The SMILES string of the molecule is CC/C(C#N)=C\C(C)(C)CN. The van der Waals surface area contributed by atoms with Gasteiger partial charge in [0.25, 0.3) is 0 Å². The third kappa shape index (κ3) is 3.79. The Labute approximate surface area is 68.7 Å². The number of nitrogens with two attached hydrogens (primary N) is 1. The van der Waals surface area contributed by atoms with Crippen LogP contribution in [0.4, 0.5) is 0 Å². The fraction of sp³-hybridized carbons (Fsp3) is 0.667. The Hall–Kier alpha value is -0.810. The first-order valence-corrected chi connectivity index (χ1v) is 3.87. The van der Waals surface area contributed by atoms with Crippen molar-refractivity contribution >= 4 is 0 Å². The Bertz CT molecular complexity index is 184. The highest BCUT2D eigenvalue weighted by Gasteiger charge is 2.12. The molecule has 2 nitrogen and oxygen atoms in total. The van der Waals surface area contributed by atoms with Crippen molar-refractivity contribution < 1.29 is 0 Å². The lowest BCUT2D eigenvalue weighted by Crippen LogP contribution is -2.21. The van der Waals surface area contributed by atoms with E-state index in [1.165, 1.54) is 0 Å². The zero-order valence-electron chi connectivity index (χ0n) is 7.52. The Morgan fingerprint density at radius 1 is 1.64 bits per heavy atom. The number of allylic oxidation sites excluding steroid dienone is 1. The van der Waals surface area contributed by atoms with E-state index in [2.05, 4.69) is 6.07 Å². The smallest absolute Gasteiger partial charge is 0.0943 e. The summed E-state index contributed by atoms with van der Waals surface area (Å²) in [5, 5.41) is 8.63. The van der Waals surface area contributed by atoms with Gasteiger partial charge < -0.3 is 5.73 Å². The molecule has 0 spiro atoms. The van der Waals surface area contributed by atoms with Crippen molar-refractivity contribution in [1.29, 1.82) is 5.26 Å². The van der Waals surface area contributed by atoms with Gasteiger partial charge in [-0.2, -0.15) is 5.26 Å². The molecule has 0 unspecified atom stereocenters. The van der Waals surface area contributed by atoms with E-state index >= 15 is 0 Å². The summed E-state index contributed by atoms with van der Waals surface area (Å²) >= 11 is 0. The van der Waals surface area contributed by atoms with E-state index in [0.717, 1.165) is 12.0 Å². The van der Waals surface area contributed by atoms with E-state index in [-0.39, 0.29) is 5.41 Å². The molecule has 0 bridgehead atoms. The Kier molecular flexibility index (Phi) is 3.84. The topological polar surface area (TPSA) is 49.8 Å². The van der Waals surface area contributed by atoms with Gasteiger partial charge in [-0.05, 0) is 11.8 Å². The Morgan fingerprint density at radius 3 is 2.45 bits per heavy atom. The molecule has 0 radical (unpaired) electrons. The van der Waals surface area contributed by atoms with Crippen molar-refractivity contribution in [2.75, 3.05) is 6.54 Å². The van der Waals surface area contributed by atoms with Gasteiger partial charge >= 0.3 is 0 Å². The monoisotopic (exact) mass is 152 g/mol. The van der Waals surface area contributed by atoms with Gasteiger partial charge in [-0.15, -0.1) is 0 Å². The number of hydrogen-bond acceptors (Lipinski definition) is 2. The summed E-state index contributed by atoms with van der Waals surface area (Å²) in [5.41, 5.74) is 6.29. The minimum Gasteiger partial charge on any atom is -0.330 e. The molecule has 0 aliphatic heterocycles. The van der Waals surface area contributed by atoms with Gasteiger partial charge in [0.15, 0.2) is 0 Å². The largest absolute Gasteiger partial charge is 0.330 e. The van der Waals surface area contributed by atoms with Crippen molar-refractivity contribution in [3.05, 3.63) is 11.6 Å². The molecule has 62 valence electrons. The lowest BCUT2D eigenvalue weighted by Gasteiger charge is -2.17. The van der Waals surface area contributed by atoms with Crippen molar-refractivity contribution in [1.82, 2.24) is 0 Å². The van der Waals surface area contributed by atoms with E-state index in [0.29, 0.717) is 6.54 Å². The van der Waals surface area contributed by atoms with Crippen LogP contribution in [-0.4, -0.2) is 6.54 Å². The van der Waals surface area contributed by atoms with Crippen molar-refractivity contribution in [2.45, 2.75) is 27.2 Å². The summed E-state index contributed by atoms with van der Waals surface area (Å²) in [7, 11) is 0. The van der Waals surface area contributed by atoms with Gasteiger partial charge in [-0.25, -0.2) is 0 Å². The second kappa shape index (κ2) is 4.15. The van der Waals surface area contributed by atoms with Gasteiger partial charge in [-0.3, -0.25) is 0 Å². The third-order valence-corrected chi connectivity index (χ3v) is 1.62. The van der Waals surface area contributed by atoms with Crippen LogP contribution in [0.15, 0.2) is 11.6 Å². The highest BCUT2D eigenvalue weighted by Crippen LogP contribution is 2.17. The first kappa shape index (κ1) is 10.2. The molecule has 0 fully saturated rings. The molecule has 0 aromatic rings. The Balaban J connectivity index is 4.40. The maximum Gasteiger partial charge on any atom is 0.0943 e. The average molecular weight is 152 g/mol. The first-order valence-electron chi connectivity index (χ1n) is 3.87. The molecule has 0 heterocycles. The maximum atomic E-state index is 8.63. The molecule has 0 amide bonds. The summed E-state index contributed by atoms with van der Waals surface area (Å²) < 4.78 is 0. The van der Waals surface area contributed by atoms with E-state index < -0.39 is 0 Å². The molecular formula is C9H16N2. The maximum absolute atomic E-state index is 8.63. The molecule has 0 aliphatic rings. The van der Waals surface area contributed by atoms with Crippen LogP contribution in [0.2, 0.25) is 0 Å². The average Bonchev–Trinajstić information content (AvgIpc) is 2.00. The molecule has 0 atom stereocenters. The van der Waals surface area contributed by atoms with Gasteiger partial charge in [0, 0.05) is 12.1 Å². The fourth-order valence-corrected chi connectivity index (χ4v) is 0.744. The quantitative estimate of drug-likeness (QED) is 0.627. The van der Waals surface area contributed by atoms with E-state index in [9.17, 15) is 0 Å². The molecule has 2 N–H and O–H groups in total.